The number of hydrogen-bond acceptors (Lipinski definition) is 4. The van der Waals surface area contributed by atoms with E-state index in [-0.39, 0.29) is 36.0 Å². The molecule has 2 saturated heterocycles. The minimum Gasteiger partial charge on any atom is -0.306 e. The number of carbonyl (C=O) groups is 1. The maximum absolute atomic E-state index is 13.1. The number of carbonyl (C=O) groups excluding carboxylic acids is 1. The fraction of sp³-hybridized carbons (Fsp3) is 0.409. The zero-order chi connectivity index (χ0) is 20.1. The lowest BCUT2D eigenvalue weighted by Gasteiger charge is -2.43. The SMILES string of the molecule is Cc1ccc(CN2CC(=O)N(c3ccc(C)c(C)c3)[C@@H]3CS(=O)(=O)C[C@@H]32)cc1. The molecule has 0 aliphatic carbocycles. The highest BCUT2D eigenvalue weighted by Crippen LogP contribution is 2.33. The summed E-state index contributed by atoms with van der Waals surface area (Å²) in [6, 6.07) is 13.6. The molecule has 28 heavy (non-hydrogen) atoms. The molecular formula is C22H26N2O3S. The summed E-state index contributed by atoms with van der Waals surface area (Å²) < 4.78 is 25.0. The van der Waals surface area contributed by atoms with Crippen molar-refractivity contribution in [1.29, 1.82) is 0 Å². The molecule has 2 aromatic carbocycles. The normalized spacial score (nSPS) is 24.4. The van der Waals surface area contributed by atoms with E-state index < -0.39 is 9.84 Å². The smallest absolute Gasteiger partial charge is 0.241 e. The minimum absolute atomic E-state index is 0.0285. The van der Waals surface area contributed by atoms with Gasteiger partial charge in [-0.2, -0.15) is 0 Å². The Morgan fingerprint density at radius 1 is 0.929 bits per heavy atom. The van der Waals surface area contributed by atoms with Crippen LogP contribution in [0.5, 0.6) is 0 Å². The number of hydrogen-bond donors (Lipinski definition) is 0. The van der Waals surface area contributed by atoms with Crippen molar-refractivity contribution in [1.82, 2.24) is 4.90 Å². The van der Waals surface area contributed by atoms with Gasteiger partial charge in [-0.05, 0) is 49.6 Å². The van der Waals surface area contributed by atoms with Crippen molar-refractivity contribution in [2.75, 3.05) is 23.0 Å². The molecule has 0 radical (unpaired) electrons. The number of rotatable bonds is 3. The molecule has 1 amide bonds. The van der Waals surface area contributed by atoms with Gasteiger partial charge in [0, 0.05) is 18.3 Å². The standard InChI is InChI=1S/C22H26N2O3S/c1-15-4-7-18(8-5-15)11-23-12-22(25)24(19-9-6-16(2)17(3)10-19)21-14-28(26,27)13-20(21)23/h4-10,20-21H,11-14H2,1-3H3/t20-,21+/m0/s1. The number of sulfone groups is 1. The zero-order valence-corrected chi connectivity index (χ0v) is 17.4. The molecule has 6 heteroatoms. The van der Waals surface area contributed by atoms with Crippen molar-refractivity contribution < 1.29 is 13.2 Å². The van der Waals surface area contributed by atoms with Crippen molar-refractivity contribution in [2.24, 2.45) is 0 Å². The van der Waals surface area contributed by atoms with Crippen LogP contribution in [-0.2, 0) is 21.2 Å². The summed E-state index contributed by atoms with van der Waals surface area (Å²) in [6.45, 7) is 6.90. The first-order chi connectivity index (χ1) is 13.2. The Hall–Kier alpha value is -2.18. The van der Waals surface area contributed by atoms with Crippen LogP contribution < -0.4 is 4.90 Å². The molecule has 4 rings (SSSR count). The van der Waals surface area contributed by atoms with E-state index in [1.54, 1.807) is 4.90 Å². The van der Waals surface area contributed by atoms with Gasteiger partial charge in [0.1, 0.15) is 0 Å². The number of amides is 1. The summed E-state index contributed by atoms with van der Waals surface area (Å²) in [5, 5.41) is 0. The highest BCUT2D eigenvalue weighted by atomic mass is 32.2. The maximum Gasteiger partial charge on any atom is 0.241 e. The third-order valence-electron chi connectivity index (χ3n) is 5.98. The molecule has 0 unspecified atom stereocenters. The van der Waals surface area contributed by atoms with Crippen LogP contribution in [0.1, 0.15) is 22.3 Å². The molecule has 2 heterocycles. The Labute approximate surface area is 166 Å². The van der Waals surface area contributed by atoms with Gasteiger partial charge in [-0.3, -0.25) is 9.69 Å². The van der Waals surface area contributed by atoms with Crippen LogP contribution in [0.15, 0.2) is 42.5 Å². The fourth-order valence-corrected chi connectivity index (χ4v) is 6.25. The number of aryl methyl sites for hydroxylation is 3. The number of fused-ring (bicyclic) bond motifs is 1. The third kappa shape index (κ3) is 3.59. The zero-order valence-electron chi connectivity index (χ0n) is 16.6. The first-order valence-corrected chi connectivity index (χ1v) is 11.4. The predicted molar refractivity (Wildman–Crippen MR) is 111 cm³/mol. The van der Waals surface area contributed by atoms with Gasteiger partial charge in [0.25, 0.3) is 0 Å². The van der Waals surface area contributed by atoms with Crippen molar-refractivity contribution in [3.05, 3.63) is 64.7 Å². The molecule has 0 aromatic heterocycles. The summed E-state index contributed by atoms with van der Waals surface area (Å²) in [5.41, 5.74) is 5.34. The van der Waals surface area contributed by atoms with E-state index in [9.17, 15) is 13.2 Å². The van der Waals surface area contributed by atoms with Crippen LogP contribution in [0, 0.1) is 20.8 Å². The van der Waals surface area contributed by atoms with Gasteiger partial charge < -0.3 is 4.90 Å². The van der Waals surface area contributed by atoms with Gasteiger partial charge in [-0.1, -0.05) is 35.9 Å². The second-order valence-corrected chi connectivity index (χ2v) is 10.3. The topological polar surface area (TPSA) is 57.7 Å². The van der Waals surface area contributed by atoms with Crippen LogP contribution >= 0.6 is 0 Å². The molecular weight excluding hydrogens is 372 g/mol. The average molecular weight is 399 g/mol. The van der Waals surface area contributed by atoms with Crippen LogP contribution in [0.25, 0.3) is 0 Å². The van der Waals surface area contributed by atoms with Gasteiger partial charge >= 0.3 is 0 Å². The first kappa shape index (κ1) is 19.2. The van der Waals surface area contributed by atoms with Crippen molar-refractivity contribution in [2.45, 2.75) is 39.4 Å². The average Bonchev–Trinajstić information content (AvgIpc) is 2.95. The van der Waals surface area contributed by atoms with Gasteiger partial charge in [-0.25, -0.2) is 8.42 Å². The molecule has 2 fully saturated rings. The summed E-state index contributed by atoms with van der Waals surface area (Å²) in [5.74, 6) is 0.104. The van der Waals surface area contributed by atoms with Crippen LogP contribution in [0.3, 0.4) is 0 Å². The lowest BCUT2D eigenvalue weighted by molar-refractivity contribution is -0.123. The number of anilines is 1. The molecule has 2 aliphatic rings. The van der Waals surface area contributed by atoms with Gasteiger partial charge in [0.05, 0.1) is 24.1 Å². The lowest BCUT2D eigenvalue weighted by Crippen LogP contribution is -2.61. The quantitative estimate of drug-likeness (QED) is 0.798. The Morgan fingerprint density at radius 2 is 1.61 bits per heavy atom. The van der Waals surface area contributed by atoms with E-state index in [0.717, 1.165) is 22.4 Å². The minimum atomic E-state index is -3.18. The Bertz CT molecular complexity index is 1010. The molecule has 2 aromatic rings. The number of nitrogens with zero attached hydrogens (tertiary/aromatic N) is 2. The highest BCUT2D eigenvalue weighted by molar-refractivity contribution is 7.91. The predicted octanol–water partition coefficient (Wildman–Crippen LogP) is 2.63. The summed E-state index contributed by atoms with van der Waals surface area (Å²) in [6.07, 6.45) is 0. The Balaban J connectivity index is 1.67. The second-order valence-electron chi connectivity index (χ2n) is 8.13. The van der Waals surface area contributed by atoms with Gasteiger partial charge in [-0.15, -0.1) is 0 Å². The molecule has 2 atom stereocenters. The molecule has 0 saturated carbocycles. The molecule has 148 valence electrons. The van der Waals surface area contributed by atoms with Crippen LogP contribution in [-0.4, -0.2) is 49.4 Å². The molecule has 0 bridgehead atoms. The first-order valence-electron chi connectivity index (χ1n) is 9.63. The van der Waals surface area contributed by atoms with E-state index in [0.29, 0.717) is 6.54 Å². The van der Waals surface area contributed by atoms with Crippen molar-refractivity contribution >= 4 is 21.4 Å². The van der Waals surface area contributed by atoms with Crippen LogP contribution in [0.4, 0.5) is 5.69 Å². The third-order valence-corrected chi connectivity index (χ3v) is 7.67. The number of benzene rings is 2. The molecule has 5 nitrogen and oxygen atoms in total. The summed E-state index contributed by atoms with van der Waals surface area (Å²) in [4.78, 5) is 16.9. The number of piperazine rings is 1. The summed E-state index contributed by atoms with van der Waals surface area (Å²) in [7, 11) is -3.18. The Morgan fingerprint density at radius 3 is 2.29 bits per heavy atom. The highest BCUT2D eigenvalue weighted by Gasteiger charge is 2.49. The van der Waals surface area contributed by atoms with Gasteiger partial charge in [0.2, 0.25) is 5.91 Å². The molecule has 0 spiro atoms. The molecule has 0 N–H and O–H groups in total. The maximum atomic E-state index is 13.1. The van der Waals surface area contributed by atoms with Crippen molar-refractivity contribution in [3.63, 3.8) is 0 Å². The van der Waals surface area contributed by atoms with E-state index in [4.69, 9.17) is 0 Å². The molecule has 2 aliphatic heterocycles. The summed E-state index contributed by atoms with van der Waals surface area (Å²) >= 11 is 0. The van der Waals surface area contributed by atoms with E-state index in [1.165, 1.54) is 5.56 Å². The van der Waals surface area contributed by atoms with Gasteiger partial charge in [0.15, 0.2) is 9.84 Å². The Kier molecular flexibility index (Phi) is 4.79. The van der Waals surface area contributed by atoms with E-state index in [1.807, 2.05) is 68.1 Å². The largest absolute Gasteiger partial charge is 0.306 e. The van der Waals surface area contributed by atoms with E-state index in [2.05, 4.69) is 0 Å². The monoisotopic (exact) mass is 398 g/mol. The van der Waals surface area contributed by atoms with Crippen molar-refractivity contribution in [3.8, 4) is 0 Å². The fourth-order valence-electron chi connectivity index (χ4n) is 4.27. The second kappa shape index (κ2) is 7.01. The lowest BCUT2D eigenvalue weighted by atomic mass is 10.0. The van der Waals surface area contributed by atoms with E-state index >= 15 is 0 Å². The van der Waals surface area contributed by atoms with Crippen LogP contribution in [0.2, 0.25) is 0 Å².